The lowest BCUT2D eigenvalue weighted by atomic mass is 10.3. The number of hydrogen-bond acceptors (Lipinski definition) is 3. The van der Waals surface area contributed by atoms with E-state index in [9.17, 15) is 13.6 Å². The summed E-state index contributed by atoms with van der Waals surface area (Å²) in [6.45, 7) is 1.63. The Hall–Kier alpha value is -1.60. The smallest absolute Gasteiger partial charge is 0.288 e. The molecule has 0 aliphatic heterocycles. The molecule has 2 rings (SSSR count). The standard InChI is InChI=1S/C16H14BrF2NO2S/c1-10(22-14-5-3-2-4-13(14)17)15(21)20-11-6-8-12(9-7-11)23-16(18)19/h2-10,16H,1H3,(H,20,21). The van der Waals surface area contributed by atoms with Gasteiger partial charge in [-0.1, -0.05) is 23.9 Å². The van der Waals surface area contributed by atoms with Crippen molar-refractivity contribution in [3.05, 3.63) is 53.0 Å². The fourth-order valence-electron chi connectivity index (χ4n) is 1.75. The van der Waals surface area contributed by atoms with Crippen LogP contribution in [0.3, 0.4) is 0 Å². The summed E-state index contributed by atoms with van der Waals surface area (Å²) in [6, 6.07) is 13.5. The molecule has 122 valence electrons. The summed E-state index contributed by atoms with van der Waals surface area (Å²) in [7, 11) is 0. The van der Waals surface area contributed by atoms with Crippen LogP contribution in [-0.2, 0) is 4.79 Å². The number of amides is 1. The highest BCUT2D eigenvalue weighted by Gasteiger charge is 2.16. The third kappa shape index (κ3) is 5.51. The second-order valence-electron chi connectivity index (χ2n) is 4.58. The summed E-state index contributed by atoms with van der Waals surface area (Å²) in [5.74, 6) is -2.22. The predicted octanol–water partition coefficient (Wildman–Crippen LogP) is 5.17. The molecule has 0 aromatic heterocycles. The second-order valence-corrected chi connectivity index (χ2v) is 6.50. The molecule has 0 bridgehead atoms. The number of hydrogen-bond donors (Lipinski definition) is 1. The maximum Gasteiger partial charge on any atom is 0.288 e. The zero-order valence-corrected chi connectivity index (χ0v) is 14.5. The van der Waals surface area contributed by atoms with Crippen molar-refractivity contribution in [1.29, 1.82) is 0 Å². The second kappa shape index (κ2) is 8.31. The molecule has 23 heavy (non-hydrogen) atoms. The maximum atomic E-state index is 12.2. The minimum Gasteiger partial charge on any atom is -0.480 e. The van der Waals surface area contributed by atoms with Crippen molar-refractivity contribution in [3.63, 3.8) is 0 Å². The van der Waals surface area contributed by atoms with E-state index in [2.05, 4.69) is 21.2 Å². The first-order valence-electron chi connectivity index (χ1n) is 6.72. The summed E-state index contributed by atoms with van der Waals surface area (Å²) in [5.41, 5.74) is 0.524. The topological polar surface area (TPSA) is 38.3 Å². The van der Waals surface area contributed by atoms with Crippen LogP contribution in [-0.4, -0.2) is 17.8 Å². The van der Waals surface area contributed by atoms with Crippen LogP contribution in [0.5, 0.6) is 5.75 Å². The molecule has 2 aromatic rings. The van der Waals surface area contributed by atoms with Crippen LogP contribution in [0.4, 0.5) is 14.5 Å². The molecular formula is C16H14BrF2NO2S. The molecular weight excluding hydrogens is 388 g/mol. The predicted molar refractivity (Wildman–Crippen MR) is 91.2 cm³/mol. The summed E-state index contributed by atoms with van der Waals surface area (Å²) >= 11 is 3.81. The molecule has 0 fully saturated rings. The number of rotatable bonds is 6. The van der Waals surface area contributed by atoms with Gasteiger partial charge < -0.3 is 10.1 Å². The van der Waals surface area contributed by atoms with E-state index in [4.69, 9.17) is 4.74 Å². The Labute approximate surface area is 145 Å². The first kappa shape index (κ1) is 17.7. The molecule has 7 heteroatoms. The van der Waals surface area contributed by atoms with Crippen LogP contribution >= 0.6 is 27.7 Å². The lowest BCUT2D eigenvalue weighted by Crippen LogP contribution is -2.30. The number of carbonyl (C=O) groups excluding carboxylic acids is 1. The zero-order valence-electron chi connectivity index (χ0n) is 12.1. The highest BCUT2D eigenvalue weighted by atomic mass is 79.9. The summed E-state index contributed by atoms with van der Waals surface area (Å²) in [5, 5.41) is 2.69. The van der Waals surface area contributed by atoms with E-state index < -0.39 is 11.9 Å². The molecule has 1 atom stereocenters. The highest BCUT2D eigenvalue weighted by Crippen LogP contribution is 2.27. The van der Waals surface area contributed by atoms with Gasteiger partial charge in [-0.2, -0.15) is 8.78 Å². The average Bonchev–Trinajstić information content (AvgIpc) is 2.51. The number of carbonyl (C=O) groups is 1. The van der Waals surface area contributed by atoms with E-state index in [0.29, 0.717) is 28.1 Å². The number of nitrogens with one attached hydrogen (secondary N) is 1. The van der Waals surface area contributed by atoms with Gasteiger partial charge in [-0.05, 0) is 59.3 Å². The summed E-state index contributed by atoms with van der Waals surface area (Å²) in [4.78, 5) is 12.6. The molecule has 0 heterocycles. The molecule has 1 N–H and O–H groups in total. The first-order valence-corrected chi connectivity index (χ1v) is 8.40. The van der Waals surface area contributed by atoms with Crippen LogP contribution in [0, 0.1) is 0 Å². The molecule has 2 aromatic carbocycles. The lowest BCUT2D eigenvalue weighted by molar-refractivity contribution is -0.122. The van der Waals surface area contributed by atoms with Crippen LogP contribution in [0.15, 0.2) is 57.9 Å². The minimum atomic E-state index is -2.46. The molecule has 1 amide bonds. The fourth-order valence-corrected chi connectivity index (χ4v) is 2.63. The number of ether oxygens (including phenoxy) is 1. The summed E-state index contributed by atoms with van der Waals surface area (Å²) < 4.78 is 30.8. The minimum absolute atomic E-state index is 0.324. The van der Waals surface area contributed by atoms with Gasteiger partial charge in [0.1, 0.15) is 5.75 Å². The van der Waals surface area contributed by atoms with Gasteiger partial charge in [0.05, 0.1) is 4.47 Å². The van der Waals surface area contributed by atoms with Gasteiger partial charge in [0.25, 0.3) is 11.7 Å². The average molecular weight is 402 g/mol. The Morgan fingerprint density at radius 3 is 2.43 bits per heavy atom. The van der Waals surface area contributed by atoms with Crippen molar-refractivity contribution in [1.82, 2.24) is 0 Å². The first-order chi connectivity index (χ1) is 11.0. The largest absolute Gasteiger partial charge is 0.480 e. The summed E-state index contributed by atoms with van der Waals surface area (Å²) in [6.07, 6.45) is -0.705. The molecule has 0 aliphatic carbocycles. The van der Waals surface area contributed by atoms with E-state index in [0.717, 1.165) is 4.47 Å². The maximum absolute atomic E-state index is 12.2. The van der Waals surface area contributed by atoms with Gasteiger partial charge in [0.15, 0.2) is 6.10 Å². The molecule has 1 unspecified atom stereocenters. The quantitative estimate of drug-likeness (QED) is 0.678. The van der Waals surface area contributed by atoms with Gasteiger partial charge in [0, 0.05) is 10.6 Å². The van der Waals surface area contributed by atoms with Crippen molar-refractivity contribution >= 4 is 39.3 Å². The molecule has 0 radical (unpaired) electrons. The monoisotopic (exact) mass is 401 g/mol. The Morgan fingerprint density at radius 1 is 1.17 bits per heavy atom. The van der Waals surface area contributed by atoms with Gasteiger partial charge in [0.2, 0.25) is 0 Å². The third-order valence-corrected chi connectivity index (χ3v) is 4.23. The number of alkyl halides is 2. The molecule has 0 aliphatic rings. The van der Waals surface area contributed by atoms with Gasteiger partial charge in [-0.15, -0.1) is 0 Å². The van der Waals surface area contributed by atoms with Crippen LogP contribution in [0.25, 0.3) is 0 Å². The normalized spacial score (nSPS) is 12.0. The Morgan fingerprint density at radius 2 is 1.83 bits per heavy atom. The number of benzene rings is 2. The third-order valence-electron chi connectivity index (χ3n) is 2.86. The van der Waals surface area contributed by atoms with Crippen molar-refractivity contribution in [2.24, 2.45) is 0 Å². The molecule has 0 saturated carbocycles. The van der Waals surface area contributed by atoms with Crippen LogP contribution in [0.2, 0.25) is 0 Å². The molecule has 0 saturated heterocycles. The Balaban J connectivity index is 1.94. The van der Waals surface area contributed by atoms with Gasteiger partial charge in [-0.3, -0.25) is 4.79 Å². The Bertz CT molecular complexity index is 667. The molecule has 0 spiro atoms. The van der Waals surface area contributed by atoms with Crippen molar-refractivity contribution < 1.29 is 18.3 Å². The van der Waals surface area contributed by atoms with Crippen LogP contribution < -0.4 is 10.1 Å². The Kier molecular flexibility index (Phi) is 6.41. The van der Waals surface area contributed by atoms with Crippen molar-refractivity contribution in [2.45, 2.75) is 23.7 Å². The molecule has 3 nitrogen and oxygen atoms in total. The van der Waals surface area contributed by atoms with Crippen LogP contribution in [0.1, 0.15) is 6.92 Å². The van der Waals surface area contributed by atoms with E-state index in [1.54, 1.807) is 25.1 Å². The number of thioether (sulfide) groups is 1. The zero-order chi connectivity index (χ0) is 16.8. The van der Waals surface area contributed by atoms with E-state index in [1.807, 2.05) is 18.2 Å². The van der Waals surface area contributed by atoms with E-state index >= 15 is 0 Å². The SMILES string of the molecule is CC(Oc1ccccc1Br)C(=O)Nc1ccc(SC(F)F)cc1. The highest BCUT2D eigenvalue weighted by molar-refractivity contribution is 9.10. The van der Waals surface area contributed by atoms with E-state index in [-0.39, 0.29) is 5.91 Å². The van der Waals surface area contributed by atoms with Crippen molar-refractivity contribution in [3.8, 4) is 5.75 Å². The number of para-hydroxylation sites is 1. The lowest BCUT2D eigenvalue weighted by Gasteiger charge is -2.15. The fraction of sp³-hybridized carbons (Fsp3) is 0.188. The van der Waals surface area contributed by atoms with Crippen molar-refractivity contribution in [2.75, 3.05) is 5.32 Å². The van der Waals surface area contributed by atoms with Gasteiger partial charge in [-0.25, -0.2) is 0 Å². The van der Waals surface area contributed by atoms with Gasteiger partial charge >= 0.3 is 0 Å². The number of anilines is 1. The van der Waals surface area contributed by atoms with E-state index in [1.165, 1.54) is 12.1 Å². The number of halogens is 3.